The first-order valence-electron chi connectivity index (χ1n) is 4.37. The molecule has 1 saturated carbocycles. The van der Waals surface area contributed by atoms with Crippen LogP contribution in [0, 0.1) is 11.8 Å². The van der Waals surface area contributed by atoms with Gasteiger partial charge >= 0.3 is 5.97 Å². The molecule has 0 unspecified atom stereocenters. The van der Waals surface area contributed by atoms with E-state index in [-0.39, 0.29) is 11.9 Å². The second kappa shape index (κ2) is 3.74. The first-order valence-corrected chi connectivity index (χ1v) is 4.37. The molecule has 0 aliphatic heterocycles. The van der Waals surface area contributed by atoms with Gasteiger partial charge in [-0.05, 0) is 18.8 Å². The van der Waals surface area contributed by atoms with Gasteiger partial charge in [0.2, 0.25) is 0 Å². The predicted octanol–water partition coefficient (Wildman–Crippen LogP) is 1.99. The fourth-order valence-corrected chi connectivity index (χ4v) is 1.03. The summed E-state index contributed by atoms with van der Waals surface area (Å²) in [6.45, 7) is 4.38. The van der Waals surface area contributed by atoms with Crippen LogP contribution in [0.1, 0.15) is 33.1 Å². The first kappa shape index (κ1) is 8.57. The van der Waals surface area contributed by atoms with Gasteiger partial charge in [-0.1, -0.05) is 20.3 Å². The van der Waals surface area contributed by atoms with Crippen molar-refractivity contribution in [2.24, 2.45) is 11.8 Å². The highest BCUT2D eigenvalue weighted by Gasteiger charge is 2.19. The SMILES string of the molecule is CC(C)C(=O)OCC1CCC1. The van der Waals surface area contributed by atoms with Crippen molar-refractivity contribution >= 4 is 5.97 Å². The smallest absolute Gasteiger partial charge is 0.308 e. The van der Waals surface area contributed by atoms with Crippen LogP contribution < -0.4 is 0 Å². The number of rotatable bonds is 3. The number of hydrogen-bond acceptors (Lipinski definition) is 2. The third-order valence-electron chi connectivity index (χ3n) is 2.16. The summed E-state index contributed by atoms with van der Waals surface area (Å²) >= 11 is 0. The Morgan fingerprint density at radius 3 is 2.55 bits per heavy atom. The maximum absolute atomic E-state index is 11.0. The van der Waals surface area contributed by atoms with E-state index in [0.29, 0.717) is 12.5 Å². The van der Waals surface area contributed by atoms with Crippen LogP contribution >= 0.6 is 0 Å². The summed E-state index contributed by atoms with van der Waals surface area (Å²) in [5.41, 5.74) is 0. The third-order valence-corrected chi connectivity index (χ3v) is 2.16. The highest BCUT2D eigenvalue weighted by molar-refractivity contribution is 5.71. The molecule has 0 atom stereocenters. The number of esters is 1. The molecule has 0 N–H and O–H groups in total. The summed E-state index contributed by atoms with van der Waals surface area (Å²) in [5.74, 6) is 0.629. The Morgan fingerprint density at radius 2 is 2.18 bits per heavy atom. The summed E-state index contributed by atoms with van der Waals surface area (Å²) in [6.07, 6.45) is 3.79. The molecular formula is C9H16O2. The molecule has 2 heteroatoms. The zero-order valence-corrected chi connectivity index (χ0v) is 7.30. The molecule has 0 spiro atoms. The molecule has 0 aromatic heterocycles. The van der Waals surface area contributed by atoms with Gasteiger partial charge in [0.25, 0.3) is 0 Å². The maximum atomic E-state index is 11.0. The van der Waals surface area contributed by atoms with E-state index in [9.17, 15) is 4.79 Å². The minimum atomic E-state index is -0.0584. The second-order valence-corrected chi connectivity index (χ2v) is 3.58. The minimum absolute atomic E-state index is 0.0232. The maximum Gasteiger partial charge on any atom is 0.308 e. The van der Waals surface area contributed by atoms with Crippen molar-refractivity contribution in [2.75, 3.05) is 6.61 Å². The normalized spacial score (nSPS) is 18.1. The molecule has 11 heavy (non-hydrogen) atoms. The van der Waals surface area contributed by atoms with E-state index in [2.05, 4.69) is 0 Å². The average molecular weight is 156 g/mol. The lowest BCUT2D eigenvalue weighted by Crippen LogP contribution is -2.22. The molecular weight excluding hydrogens is 140 g/mol. The third kappa shape index (κ3) is 2.52. The number of hydrogen-bond donors (Lipinski definition) is 0. The lowest BCUT2D eigenvalue weighted by Gasteiger charge is -2.24. The fraction of sp³-hybridized carbons (Fsp3) is 0.889. The lowest BCUT2D eigenvalue weighted by molar-refractivity contribution is -0.149. The van der Waals surface area contributed by atoms with E-state index in [0.717, 1.165) is 0 Å². The molecule has 1 fully saturated rings. The average Bonchev–Trinajstić information content (AvgIpc) is 1.83. The largest absolute Gasteiger partial charge is 0.465 e. The van der Waals surface area contributed by atoms with Gasteiger partial charge in [-0.3, -0.25) is 4.79 Å². The van der Waals surface area contributed by atoms with Gasteiger partial charge in [-0.25, -0.2) is 0 Å². The Balaban J connectivity index is 2.06. The van der Waals surface area contributed by atoms with E-state index in [4.69, 9.17) is 4.74 Å². The van der Waals surface area contributed by atoms with Gasteiger partial charge in [0, 0.05) is 0 Å². The zero-order chi connectivity index (χ0) is 8.27. The minimum Gasteiger partial charge on any atom is -0.465 e. The number of carbonyl (C=O) groups excluding carboxylic acids is 1. The molecule has 0 bridgehead atoms. The van der Waals surface area contributed by atoms with Gasteiger partial charge in [-0.15, -0.1) is 0 Å². The van der Waals surface area contributed by atoms with E-state index in [1.54, 1.807) is 0 Å². The summed E-state index contributed by atoms with van der Waals surface area (Å²) in [7, 11) is 0. The van der Waals surface area contributed by atoms with Crippen LogP contribution in [0.15, 0.2) is 0 Å². The Kier molecular flexibility index (Phi) is 2.92. The lowest BCUT2D eigenvalue weighted by atomic mass is 9.86. The molecule has 1 aliphatic carbocycles. The van der Waals surface area contributed by atoms with Crippen LogP contribution in [-0.2, 0) is 9.53 Å². The molecule has 2 nitrogen and oxygen atoms in total. The van der Waals surface area contributed by atoms with Gasteiger partial charge in [0.05, 0.1) is 12.5 Å². The molecule has 0 aromatic rings. The second-order valence-electron chi connectivity index (χ2n) is 3.58. The van der Waals surface area contributed by atoms with Crippen LogP contribution in [0.2, 0.25) is 0 Å². The van der Waals surface area contributed by atoms with Gasteiger partial charge in [0.1, 0.15) is 0 Å². The summed E-state index contributed by atoms with van der Waals surface area (Å²) in [5, 5.41) is 0. The molecule has 0 saturated heterocycles. The molecule has 64 valence electrons. The highest BCUT2D eigenvalue weighted by atomic mass is 16.5. The molecule has 0 amide bonds. The highest BCUT2D eigenvalue weighted by Crippen LogP contribution is 2.26. The Hall–Kier alpha value is -0.530. The summed E-state index contributed by atoms with van der Waals surface area (Å²) in [4.78, 5) is 11.0. The molecule has 1 aliphatic rings. The quantitative estimate of drug-likeness (QED) is 0.584. The monoisotopic (exact) mass is 156 g/mol. The van der Waals surface area contributed by atoms with E-state index >= 15 is 0 Å². The van der Waals surface area contributed by atoms with E-state index in [1.165, 1.54) is 19.3 Å². The van der Waals surface area contributed by atoms with Crippen LogP contribution in [0.3, 0.4) is 0 Å². The standard InChI is InChI=1S/C9H16O2/c1-7(2)9(10)11-6-8-4-3-5-8/h7-8H,3-6H2,1-2H3. The van der Waals surface area contributed by atoms with Crippen LogP contribution in [0.25, 0.3) is 0 Å². The number of ether oxygens (including phenoxy) is 1. The van der Waals surface area contributed by atoms with Gasteiger partial charge < -0.3 is 4.74 Å². The van der Waals surface area contributed by atoms with Crippen molar-refractivity contribution in [3.63, 3.8) is 0 Å². The van der Waals surface area contributed by atoms with Crippen molar-refractivity contribution in [1.29, 1.82) is 0 Å². The number of carbonyl (C=O) groups is 1. The Labute approximate surface area is 67.9 Å². The van der Waals surface area contributed by atoms with Crippen molar-refractivity contribution < 1.29 is 9.53 Å². The first-order chi connectivity index (χ1) is 5.20. The summed E-state index contributed by atoms with van der Waals surface area (Å²) < 4.78 is 5.07. The van der Waals surface area contributed by atoms with Crippen LogP contribution in [0.4, 0.5) is 0 Å². The molecule has 0 radical (unpaired) electrons. The Morgan fingerprint density at radius 1 is 1.55 bits per heavy atom. The predicted molar refractivity (Wildman–Crippen MR) is 43.1 cm³/mol. The fourth-order valence-electron chi connectivity index (χ4n) is 1.03. The zero-order valence-electron chi connectivity index (χ0n) is 7.30. The van der Waals surface area contributed by atoms with E-state index < -0.39 is 0 Å². The van der Waals surface area contributed by atoms with Crippen LogP contribution in [0.5, 0.6) is 0 Å². The van der Waals surface area contributed by atoms with Crippen molar-refractivity contribution in [1.82, 2.24) is 0 Å². The summed E-state index contributed by atoms with van der Waals surface area (Å²) in [6, 6.07) is 0. The Bertz CT molecular complexity index is 136. The van der Waals surface area contributed by atoms with Gasteiger partial charge in [0.15, 0.2) is 0 Å². The van der Waals surface area contributed by atoms with Gasteiger partial charge in [-0.2, -0.15) is 0 Å². The molecule has 0 aromatic carbocycles. The molecule has 1 rings (SSSR count). The molecule has 0 heterocycles. The van der Waals surface area contributed by atoms with Crippen LogP contribution in [-0.4, -0.2) is 12.6 Å². The van der Waals surface area contributed by atoms with E-state index in [1.807, 2.05) is 13.8 Å². The van der Waals surface area contributed by atoms with Crippen molar-refractivity contribution in [2.45, 2.75) is 33.1 Å². The topological polar surface area (TPSA) is 26.3 Å². The van der Waals surface area contributed by atoms with Crippen molar-refractivity contribution in [3.8, 4) is 0 Å². The van der Waals surface area contributed by atoms with Crippen molar-refractivity contribution in [3.05, 3.63) is 0 Å².